The highest BCUT2D eigenvalue weighted by atomic mass is 32.1. The maximum absolute atomic E-state index is 13.0. The zero-order valence-corrected chi connectivity index (χ0v) is 13.4. The van der Waals surface area contributed by atoms with E-state index in [1.165, 1.54) is 17.4 Å². The molecule has 3 rings (SSSR count). The van der Waals surface area contributed by atoms with Crippen molar-refractivity contribution in [2.24, 2.45) is 0 Å². The van der Waals surface area contributed by atoms with Crippen molar-refractivity contribution in [2.45, 2.75) is 24.4 Å². The average molecular weight is 356 g/mol. The summed E-state index contributed by atoms with van der Waals surface area (Å²) < 4.78 is 44.4. The monoisotopic (exact) mass is 356 g/mol. The predicted octanol–water partition coefficient (Wildman–Crippen LogP) is 3.85. The molecular formula is C16H15F3N2O2S. The Balaban J connectivity index is 1.98. The summed E-state index contributed by atoms with van der Waals surface area (Å²) in [6.07, 6.45) is -2.24. The van der Waals surface area contributed by atoms with Crippen molar-refractivity contribution in [3.8, 4) is 0 Å². The largest absolute Gasteiger partial charge is 0.416 e. The first-order valence-corrected chi connectivity index (χ1v) is 8.26. The molecule has 0 radical (unpaired) electrons. The van der Waals surface area contributed by atoms with E-state index in [1.54, 1.807) is 17.6 Å². The number of aromatic nitrogens is 1. The molecule has 4 nitrogen and oxygen atoms in total. The van der Waals surface area contributed by atoms with E-state index < -0.39 is 17.2 Å². The molecule has 2 aromatic rings. The molecule has 0 unspecified atom stereocenters. The second-order valence-corrected chi connectivity index (χ2v) is 6.46. The number of hydrogen-bond acceptors (Lipinski definition) is 4. The summed E-state index contributed by atoms with van der Waals surface area (Å²) in [4.78, 5) is 16.9. The summed E-state index contributed by atoms with van der Waals surface area (Å²) in [6, 6.07) is 4.98. The lowest BCUT2D eigenvalue weighted by Crippen LogP contribution is -2.45. The van der Waals surface area contributed by atoms with Crippen LogP contribution in [0, 0.1) is 0 Å². The maximum Gasteiger partial charge on any atom is 0.416 e. The molecule has 1 N–H and O–H groups in total. The van der Waals surface area contributed by atoms with Crippen LogP contribution in [-0.4, -0.2) is 24.1 Å². The van der Waals surface area contributed by atoms with Crippen LogP contribution in [0.25, 0.3) is 0 Å². The summed E-state index contributed by atoms with van der Waals surface area (Å²) >= 11 is 1.26. The maximum atomic E-state index is 13.0. The summed E-state index contributed by atoms with van der Waals surface area (Å²) in [7, 11) is 0. The average Bonchev–Trinajstić information content (AvgIpc) is 3.08. The van der Waals surface area contributed by atoms with Gasteiger partial charge in [0.05, 0.1) is 11.0 Å². The fourth-order valence-corrected chi connectivity index (χ4v) is 3.39. The number of alkyl halides is 3. The van der Waals surface area contributed by atoms with Gasteiger partial charge in [0.25, 0.3) is 0 Å². The van der Waals surface area contributed by atoms with Crippen molar-refractivity contribution in [1.29, 1.82) is 0 Å². The van der Waals surface area contributed by atoms with E-state index in [1.807, 2.05) is 0 Å². The molecule has 8 heteroatoms. The van der Waals surface area contributed by atoms with Crippen molar-refractivity contribution < 1.29 is 22.7 Å². The van der Waals surface area contributed by atoms with Crippen molar-refractivity contribution in [3.05, 3.63) is 47.0 Å². The molecule has 2 heterocycles. The third-order valence-electron chi connectivity index (χ3n) is 4.18. The van der Waals surface area contributed by atoms with Gasteiger partial charge in [-0.15, -0.1) is 11.3 Å². The zero-order chi connectivity index (χ0) is 17.2. The lowest BCUT2D eigenvalue weighted by atomic mass is 9.73. The Kier molecular flexibility index (Phi) is 4.60. The molecule has 1 fully saturated rings. The Morgan fingerprint density at radius 1 is 1.29 bits per heavy atom. The Morgan fingerprint density at radius 3 is 2.67 bits per heavy atom. The Morgan fingerprint density at radius 2 is 2.04 bits per heavy atom. The number of anilines is 1. The molecule has 0 saturated carbocycles. The summed E-state index contributed by atoms with van der Waals surface area (Å²) in [5, 5.41) is 4.87. The van der Waals surface area contributed by atoms with Gasteiger partial charge in [-0.1, -0.05) is 18.2 Å². The molecule has 1 aliphatic heterocycles. The zero-order valence-electron chi connectivity index (χ0n) is 12.6. The quantitative estimate of drug-likeness (QED) is 0.909. The molecule has 0 aliphatic carbocycles. The number of nitrogens with zero attached hydrogens (tertiary/aromatic N) is 1. The first kappa shape index (κ1) is 16.9. The summed E-state index contributed by atoms with van der Waals surface area (Å²) in [5.41, 5.74) is -1.45. The number of thiazole rings is 1. The van der Waals surface area contributed by atoms with Gasteiger partial charge in [-0.05, 0) is 24.5 Å². The summed E-state index contributed by atoms with van der Waals surface area (Å²) in [6.45, 7) is 0.642. The molecule has 1 aliphatic rings. The van der Waals surface area contributed by atoms with E-state index in [9.17, 15) is 18.0 Å². The lowest BCUT2D eigenvalue weighted by molar-refractivity contribution is -0.138. The van der Waals surface area contributed by atoms with Gasteiger partial charge in [0, 0.05) is 24.8 Å². The van der Waals surface area contributed by atoms with Crippen molar-refractivity contribution >= 4 is 22.4 Å². The van der Waals surface area contributed by atoms with E-state index in [0.717, 1.165) is 12.1 Å². The third-order valence-corrected chi connectivity index (χ3v) is 4.86. The minimum atomic E-state index is -4.45. The molecule has 24 heavy (non-hydrogen) atoms. The molecule has 0 atom stereocenters. The number of rotatable bonds is 3. The fourth-order valence-electron chi connectivity index (χ4n) is 2.86. The number of carbonyl (C=O) groups is 1. The van der Waals surface area contributed by atoms with E-state index in [-0.39, 0.29) is 5.91 Å². The standard InChI is InChI=1S/C16H15F3N2O2S/c17-16(18,19)12-3-1-2-11(10-12)15(4-7-23-8-5-15)13(22)21-14-20-6-9-24-14/h1-3,6,9-10H,4-5,7-8H2,(H,20,21,22). The number of benzene rings is 1. The number of nitrogens with one attached hydrogen (secondary N) is 1. The molecule has 0 spiro atoms. The second-order valence-electron chi connectivity index (χ2n) is 5.56. The lowest BCUT2D eigenvalue weighted by Gasteiger charge is -2.36. The van der Waals surface area contributed by atoms with Crippen LogP contribution in [0.4, 0.5) is 18.3 Å². The SMILES string of the molecule is O=C(Nc1nccs1)C1(c2cccc(C(F)(F)F)c2)CCOCC1. The highest BCUT2D eigenvalue weighted by Crippen LogP contribution is 2.39. The van der Waals surface area contributed by atoms with E-state index in [2.05, 4.69) is 10.3 Å². The Labute approximate surface area is 140 Å². The topological polar surface area (TPSA) is 51.2 Å². The van der Waals surface area contributed by atoms with Crippen LogP contribution < -0.4 is 5.32 Å². The van der Waals surface area contributed by atoms with E-state index in [4.69, 9.17) is 4.74 Å². The van der Waals surface area contributed by atoms with Crippen LogP contribution in [0.1, 0.15) is 24.0 Å². The molecular weight excluding hydrogens is 341 g/mol. The number of halogens is 3. The molecule has 1 aromatic heterocycles. The minimum Gasteiger partial charge on any atom is -0.381 e. The van der Waals surface area contributed by atoms with E-state index in [0.29, 0.717) is 36.8 Å². The first-order valence-electron chi connectivity index (χ1n) is 7.38. The van der Waals surface area contributed by atoms with Crippen molar-refractivity contribution in [2.75, 3.05) is 18.5 Å². The van der Waals surface area contributed by atoms with Gasteiger partial charge in [0.1, 0.15) is 0 Å². The van der Waals surface area contributed by atoms with Crippen LogP contribution in [0.3, 0.4) is 0 Å². The van der Waals surface area contributed by atoms with Gasteiger partial charge in [-0.3, -0.25) is 4.79 Å². The van der Waals surface area contributed by atoms with Gasteiger partial charge in [0.15, 0.2) is 5.13 Å². The van der Waals surface area contributed by atoms with Crippen LogP contribution in [0.2, 0.25) is 0 Å². The molecule has 1 aromatic carbocycles. The van der Waals surface area contributed by atoms with Crippen LogP contribution in [0.15, 0.2) is 35.8 Å². The van der Waals surface area contributed by atoms with Crippen molar-refractivity contribution in [3.63, 3.8) is 0 Å². The Hall–Kier alpha value is -1.93. The van der Waals surface area contributed by atoms with Gasteiger partial charge in [0.2, 0.25) is 5.91 Å². The molecule has 0 bridgehead atoms. The molecule has 128 valence electrons. The van der Waals surface area contributed by atoms with Gasteiger partial charge in [-0.25, -0.2) is 4.98 Å². The minimum absolute atomic E-state index is 0.321. The van der Waals surface area contributed by atoms with Crippen molar-refractivity contribution in [1.82, 2.24) is 4.98 Å². The van der Waals surface area contributed by atoms with Gasteiger partial charge >= 0.3 is 6.18 Å². The number of ether oxygens (including phenoxy) is 1. The number of amides is 1. The molecule has 1 amide bonds. The van der Waals surface area contributed by atoms with E-state index >= 15 is 0 Å². The van der Waals surface area contributed by atoms with Gasteiger partial charge in [-0.2, -0.15) is 13.2 Å². The normalized spacial score (nSPS) is 17.5. The summed E-state index contributed by atoms with van der Waals surface area (Å²) in [5.74, 6) is -0.347. The fraction of sp³-hybridized carbons (Fsp3) is 0.375. The predicted molar refractivity (Wildman–Crippen MR) is 83.9 cm³/mol. The van der Waals surface area contributed by atoms with Crippen LogP contribution in [-0.2, 0) is 21.1 Å². The molecule has 1 saturated heterocycles. The number of carbonyl (C=O) groups excluding carboxylic acids is 1. The highest BCUT2D eigenvalue weighted by molar-refractivity contribution is 7.13. The first-order chi connectivity index (χ1) is 11.4. The third kappa shape index (κ3) is 3.29. The number of hydrogen-bond donors (Lipinski definition) is 1. The highest BCUT2D eigenvalue weighted by Gasteiger charge is 2.43. The van der Waals surface area contributed by atoms with Gasteiger partial charge < -0.3 is 10.1 Å². The smallest absolute Gasteiger partial charge is 0.381 e. The second kappa shape index (κ2) is 6.52. The van der Waals surface area contributed by atoms with Crippen LogP contribution in [0.5, 0.6) is 0 Å². The van der Waals surface area contributed by atoms with Crippen LogP contribution >= 0.6 is 11.3 Å². The Bertz CT molecular complexity index is 710.